The summed E-state index contributed by atoms with van der Waals surface area (Å²) in [4.78, 5) is 26.1. The van der Waals surface area contributed by atoms with Gasteiger partial charge in [0.2, 0.25) is 0 Å². The van der Waals surface area contributed by atoms with Crippen molar-refractivity contribution in [2.75, 3.05) is 12.4 Å². The van der Waals surface area contributed by atoms with Gasteiger partial charge < -0.3 is 10.6 Å². The third-order valence-electron chi connectivity index (χ3n) is 4.03. The number of rotatable bonds is 3. The van der Waals surface area contributed by atoms with E-state index in [9.17, 15) is 9.59 Å². The number of hydrogen-bond acceptors (Lipinski definition) is 3. The van der Waals surface area contributed by atoms with Crippen LogP contribution >= 0.6 is 34.5 Å². The first kappa shape index (κ1) is 17.3. The molecule has 1 heterocycles. The molecule has 7 heteroatoms. The topological polar surface area (TPSA) is 58.2 Å². The van der Waals surface area contributed by atoms with E-state index >= 15 is 0 Å². The maximum atomic E-state index is 12.6. The Morgan fingerprint density at radius 1 is 1.12 bits per heavy atom. The van der Waals surface area contributed by atoms with E-state index in [1.165, 1.54) is 22.3 Å². The Hall–Kier alpha value is -1.56. The molecule has 0 saturated carbocycles. The zero-order chi connectivity index (χ0) is 17.3. The molecular formula is C17H16Cl2N2O2S. The van der Waals surface area contributed by atoms with Gasteiger partial charge in [0, 0.05) is 16.9 Å². The number of halogens is 2. The Bertz CT molecular complexity index is 817. The molecule has 0 spiro atoms. The lowest BCUT2D eigenvalue weighted by Crippen LogP contribution is -2.22. The van der Waals surface area contributed by atoms with Gasteiger partial charge in [0.05, 0.1) is 16.1 Å². The monoisotopic (exact) mass is 382 g/mol. The van der Waals surface area contributed by atoms with Crippen LogP contribution < -0.4 is 10.6 Å². The second kappa shape index (κ2) is 7.13. The smallest absolute Gasteiger partial charge is 0.257 e. The Morgan fingerprint density at radius 2 is 1.88 bits per heavy atom. The fraction of sp³-hybridized carbons (Fsp3) is 0.294. The fourth-order valence-corrected chi connectivity index (χ4v) is 4.52. The van der Waals surface area contributed by atoms with Crippen LogP contribution in [0.4, 0.5) is 5.00 Å². The van der Waals surface area contributed by atoms with E-state index in [4.69, 9.17) is 23.2 Å². The number of benzene rings is 1. The Morgan fingerprint density at radius 3 is 2.62 bits per heavy atom. The molecule has 2 aromatic rings. The molecule has 2 amide bonds. The lowest BCUT2D eigenvalue weighted by Gasteiger charge is -2.12. The Kier molecular flexibility index (Phi) is 5.13. The van der Waals surface area contributed by atoms with Gasteiger partial charge in [0.25, 0.3) is 11.8 Å². The van der Waals surface area contributed by atoms with Gasteiger partial charge in [-0.05, 0) is 49.4 Å². The maximum absolute atomic E-state index is 12.6. The standard InChI is InChI=1S/C17H16Cl2N2O2S/c1-20-16(23)14-10-4-2-3-5-13(10)24-17(14)21-15(22)11-8-9(18)6-7-12(11)19/h6-8H,2-5H2,1H3,(H,20,23)(H,21,22). The summed E-state index contributed by atoms with van der Waals surface area (Å²) in [6.07, 6.45) is 3.97. The van der Waals surface area contributed by atoms with Crippen molar-refractivity contribution in [3.8, 4) is 0 Å². The molecule has 0 saturated heterocycles. The molecule has 1 aromatic heterocycles. The van der Waals surface area contributed by atoms with E-state index in [-0.39, 0.29) is 11.8 Å². The number of hydrogen-bond donors (Lipinski definition) is 2. The van der Waals surface area contributed by atoms with Crippen LogP contribution in [0.25, 0.3) is 0 Å². The largest absolute Gasteiger partial charge is 0.355 e. The summed E-state index contributed by atoms with van der Waals surface area (Å²) in [6.45, 7) is 0. The number of fused-ring (bicyclic) bond motifs is 1. The zero-order valence-corrected chi connectivity index (χ0v) is 15.4. The minimum absolute atomic E-state index is 0.179. The summed E-state index contributed by atoms with van der Waals surface area (Å²) >= 11 is 13.5. The molecule has 0 fully saturated rings. The molecule has 0 bridgehead atoms. The molecule has 0 radical (unpaired) electrons. The number of anilines is 1. The molecule has 3 rings (SSSR count). The normalized spacial score (nSPS) is 13.3. The van der Waals surface area contributed by atoms with E-state index in [0.29, 0.717) is 26.2 Å². The van der Waals surface area contributed by atoms with Gasteiger partial charge >= 0.3 is 0 Å². The van der Waals surface area contributed by atoms with E-state index in [1.807, 2.05) is 0 Å². The Balaban J connectivity index is 1.97. The van der Waals surface area contributed by atoms with Crippen molar-refractivity contribution in [2.24, 2.45) is 0 Å². The molecule has 0 atom stereocenters. The third-order valence-corrected chi connectivity index (χ3v) is 5.80. The van der Waals surface area contributed by atoms with Crippen molar-refractivity contribution in [3.05, 3.63) is 49.8 Å². The van der Waals surface area contributed by atoms with E-state index in [2.05, 4.69) is 10.6 Å². The highest BCUT2D eigenvalue weighted by Gasteiger charge is 2.26. The van der Waals surface area contributed by atoms with Crippen LogP contribution in [0.3, 0.4) is 0 Å². The molecule has 1 aliphatic carbocycles. The van der Waals surface area contributed by atoms with Gasteiger partial charge in [-0.15, -0.1) is 11.3 Å². The number of nitrogens with one attached hydrogen (secondary N) is 2. The number of carbonyl (C=O) groups is 2. The predicted octanol–water partition coefficient (Wildman–Crippen LogP) is 4.55. The van der Waals surface area contributed by atoms with Crippen LogP contribution in [0.2, 0.25) is 10.0 Å². The zero-order valence-electron chi connectivity index (χ0n) is 13.0. The third kappa shape index (κ3) is 3.29. The average Bonchev–Trinajstić information content (AvgIpc) is 2.94. The first-order chi connectivity index (χ1) is 11.5. The SMILES string of the molecule is CNC(=O)c1c(NC(=O)c2cc(Cl)ccc2Cl)sc2c1CCCC2. The second-order valence-electron chi connectivity index (χ2n) is 5.57. The molecule has 4 nitrogen and oxygen atoms in total. The molecular weight excluding hydrogens is 367 g/mol. The first-order valence-electron chi connectivity index (χ1n) is 7.64. The highest BCUT2D eigenvalue weighted by molar-refractivity contribution is 7.17. The van der Waals surface area contributed by atoms with Gasteiger partial charge in [0.15, 0.2) is 0 Å². The van der Waals surface area contributed by atoms with Gasteiger partial charge in [-0.25, -0.2) is 0 Å². The van der Waals surface area contributed by atoms with E-state index in [0.717, 1.165) is 31.2 Å². The molecule has 24 heavy (non-hydrogen) atoms. The van der Waals surface area contributed by atoms with Gasteiger partial charge in [-0.3, -0.25) is 9.59 Å². The molecule has 1 aliphatic rings. The van der Waals surface area contributed by atoms with Gasteiger partial charge in [-0.2, -0.15) is 0 Å². The van der Waals surface area contributed by atoms with E-state index < -0.39 is 0 Å². The quantitative estimate of drug-likeness (QED) is 0.817. The number of carbonyl (C=O) groups excluding carboxylic acids is 2. The van der Waals surface area contributed by atoms with Crippen molar-refractivity contribution in [1.29, 1.82) is 0 Å². The van der Waals surface area contributed by atoms with Crippen molar-refractivity contribution < 1.29 is 9.59 Å². The summed E-state index contributed by atoms with van der Waals surface area (Å²) in [6, 6.07) is 4.73. The van der Waals surface area contributed by atoms with Crippen molar-refractivity contribution >= 4 is 51.4 Å². The van der Waals surface area contributed by atoms with Crippen LogP contribution in [0, 0.1) is 0 Å². The molecule has 126 valence electrons. The van der Waals surface area contributed by atoms with Crippen LogP contribution in [0.5, 0.6) is 0 Å². The predicted molar refractivity (Wildman–Crippen MR) is 98.8 cm³/mol. The minimum Gasteiger partial charge on any atom is -0.355 e. The van der Waals surface area contributed by atoms with Gasteiger partial charge in [0.1, 0.15) is 5.00 Å². The molecule has 2 N–H and O–H groups in total. The van der Waals surface area contributed by atoms with Crippen molar-refractivity contribution in [3.63, 3.8) is 0 Å². The summed E-state index contributed by atoms with van der Waals surface area (Å²) in [7, 11) is 1.59. The average molecular weight is 383 g/mol. The highest BCUT2D eigenvalue weighted by atomic mass is 35.5. The summed E-state index contributed by atoms with van der Waals surface area (Å²) in [5, 5.41) is 6.83. The number of thiophene rings is 1. The summed E-state index contributed by atoms with van der Waals surface area (Å²) in [5.41, 5.74) is 1.92. The number of aryl methyl sites for hydroxylation is 1. The highest BCUT2D eigenvalue weighted by Crippen LogP contribution is 2.38. The van der Waals surface area contributed by atoms with Gasteiger partial charge in [-0.1, -0.05) is 23.2 Å². The minimum atomic E-state index is -0.369. The Labute approximate surface area is 154 Å². The van der Waals surface area contributed by atoms with Crippen molar-refractivity contribution in [1.82, 2.24) is 5.32 Å². The lowest BCUT2D eigenvalue weighted by atomic mass is 9.95. The summed E-state index contributed by atoms with van der Waals surface area (Å²) in [5.74, 6) is -0.548. The maximum Gasteiger partial charge on any atom is 0.257 e. The van der Waals surface area contributed by atoms with Crippen LogP contribution in [0.15, 0.2) is 18.2 Å². The molecule has 0 unspecified atom stereocenters. The second-order valence-corrected chi connectivity index (χ2v) is 7.52. The van der Waals surface area contributed by atoms with Crippen molar-refractivity contribution in [2.45, 2.75) is 25.7 Å². The first-order valence-corrected chi connectivity index (χ1v) is 9.21. The molecule has 1 aromatic carbocycles. The van der Waals surface area contributed by atoms with Crippen LogP contribution in [-0.4, -0.2) is 18.9 Å². The van der Waals surface area contributed by atoms with Crippen LogP contribution in [-0.2, 0) is 12.8 Å². The van der Waals surface area contributed by atoms with E-state index in [1.54, 1.807) is 19.2 Å². The van der Waals surface area contributed by atoms with Crippen LogP contribution in [0.1, 0.15) is 44.0 Å². The fourth-order valence-electron chi connectivity index (χ4n) is 2.86. The lowest BCUT2D eigenvalue weighted by molar-refractivity contribution is 0.0963. The summed E-state index contributed by atoms with van der Waals surface area (Å²) < 4.78 is 0. The molecule has 0 aliphatic heterocycles. The number of amides is 2.